The van der Waals surface area contributed by atoms with Crippen molar-refractivity contribution in [2.45, 2.75) is 22.9 Å². The summed E-state index contributed by atoms with van der Waals surface area (Å²) < 4.78 is 2.36. The molecule has 0 spiro atoms. The molecule has 0 bridgehead atoms. The van der Waals surface area contributed by atoms with Crippen LogP contribution in [0, 0.1) is 5.92 Å². The third-order valence-electron chi connectivity index (χ3n) is 3.38. The van der Waals surface area contributed by atoms with Crippen LogP contribution in [0.3, 0.4) is 0 Å². The molecule has 1 heterocycles. The van der Waals surface area contributed by atoms with Crippen LogP contribution < -0.4 is 10.6 Å². The summed E-state index contributed by atoms with van der Waals surface area (Å²) in [7, 11) is 2.14. The Labute approximate surface area is 82.3 Å². The molecule has 1 unspecified atom stereocenters. The van der Waals surface area contributed by atoms with Crippen LogP contribution >= 0.6 is 19.8 Å². The molecule has 72 valence electrons. The Morgan fingerprint density at radius 2 is 2.33 bits per heavy atom. The van der Waals surface area contributed by atoms with E-state index >= 15 is 0 Å². The molecular formula is C9H19IN2. The van der Waals surface area contributed by atoms with E-state index in [1.54, 1.807) is 0 Å². The Hall–Kier alpha value is 0.650. The van der Waals surface area contributed by atoms with Gasteiger partial charge < -0.3 is 0 Å². The van der Waals surface area contributed by atoms with Crippen molar-refractivity contribution in [3.63, 3.8) is 0 Å². The van der Waals surface area contributed by atoms with Crippen LogP contribution in [-0.2, 0) is 0 Å². The molecule has 2 N–H and O–H groups in total. The van der Waals surface area contributed by atoms with Crippen LogP contribution in [0.1, 0.15) is 13.3 Å². The van der Waals surface area contributed by atoms with E-state index < -0.39 is 19.8 Å². The quantitative estimate of drug-likeness (QED) is 0.427. The van der Waals surface area contributed by atoms with Gasteiger partial charge in [0.1, 0.15) is 0 Å². The summed E-state index contributed by atoms with van der Waals surface area (Å²) in [6.45, 7) is 3.63. The van der Waals surface area contributed by atoms with Gasteiger partial charge in [-0.1, -0.05) is 0 Å². The fraction of sp³-hybridized carbons (Fsp3) is 1.00. The molecule has 2 nitrogen and oxygen atoms in total. The molecule has 0 radical (unpaired) electrons. The Bertz CT molecular complexity index is 185. The third kappa shape index (κ3) is 1.40. The Morgan fingerprint density at radius 3 is 3.00 bits per heavy atom. The van der Waals surface area contributed by atoms with Crippen LogP contribution in [0.5, 0.6) is 0 Å². The number of fused-ring (bicyclic) bond motifs is 1. The van der Waals surface area contributed by atoms with Gasteiger partial charge in [0.05, 0.1) is 0 Å². The molecule has 3 atom stereocenters. The average molecular weight is 282 g/mol. The third-order valence-corrected chi connectivity index (χ3v) is 9.58. The summed E-state index contributed by atoms with van der Waals surface area (Å²) in [5.74, 6) is 0.937. The van der Waals surface area contributed by atoms with Crippen LogP contribution in [0.2, 0.25) is 0 Å². The van der Waals surface area contributed by atoms with E-state index in [4.69, 9.17) is 0 Å². The van der Waals surface area contributed by atoms with E-state index in [9.17, 15) is 0 Å². The summed E-state index contributed by atoms with van der Waals surface area (Å²) in [5.41, 5.74) is 0.581. The standard InChI is InChI=1S/C9H19IN2/c1-7-10(2)6-9(11-3)4-8(9)5-12-7/h7-8,11-12H,4-6H2,1-3H3/t7-,8-,9?/m0/s1. The van der Waals surface area contributed by atoms with Gasteiger partial charge >= 0.3 is 82.3 Å². The van der Waals surface area contributed by atoms with Gasteiger partial charge in [0.15, 0.2) is 0 Å². The Kier molecular flexibility index (Phi) is 2.38. The van der Waals surface area contributed by atoms with E-state index in [-0.39, 0.29) is 0 Å². The molecule has 0 aromatic rings. The van der Waals surface area contributed by atoms with Crippen molar-refractivity contribution in [1.82, 2.24) is 10.6 Å². The average Bonchev–Trinajstić information content (AvgIpc) is 2.75. The summed E-state index contributed by atoms with van der Waals surface area (Å²) in [5, 5.41) is 7.22. The van der Waals surface area contributed by atoms with Crippen molar-refractivity contribution in [1.29, 1.82) is 0 Å². The van der Waals surface area contributed by atoms with E-state index in [1.165, 1.54) is 17.4 Å². The van der Waals surface area contributed by atoms with Gasteiger partial charge in [-0.25, -0.2) is 0 Å². The van der Waals surface area contributed by atoms with E-state index in [2.05, 4.69) is 29.5 Å². The van der Waals surface area contributed by atoms with Gasteiger partial charge in [-0.3, -0.25) is 0 Å². The number of rotatable bonds is 1. The van der Waals surface area contributed by atoms with Gasteiger partial charge in [-0.05, 0) is 0 Å². The first-order valence-electron chi connectivity index (χ1n) is 4.65. The zero-order valence-electron chi connectivity index (χ0n) is 8.15. The monoisotopic (exact) mass is 282 g/mol. The van der Waals surface area contributed by atoms with Crippen LogP contribution in [0.4, 0.5) is 0 Å². The summed E-state index contributed by atoms with van der Waals surface area (Å²) in [6, 6.07) is 0. The van der Waals surface area contributed by atoms with Gasteiger partial charge in [-0.15, -0.1) is 0 Å². The van der Waals surface area contributed by atoms with Gasteiger partial charge in [0.2, 0.25) is 0 Å². The summed E-state index contributed by atoms with van der Waals surface area (Å²) in [6.07, 6.45) is 1.42. The zero-order valence-corrected chi connectivity index (χ0v) is 10.3. The molecule has 12 heavy (non-hydrogen) atoms. The van der Waals surface area contributed by atoms with Gasteiger partial charge in [-0.2, -0.15) is 0 Å². The van der Waals surface area contributed by atoms with Crippen molar-refractivity contribution >= 4 is 19.8 Å². The van der Waals surface area contributed by atoms with Crippen LogP contribution in [0.15, 0.2) is 0 Å². The topological polar surface area (TPSA) is 24.1 Å². The zero-order chi connectivity index (χ0) is 8.77. The fourth-order valence-electron chi connectivity index (χ4n) is 2.11. The normalized spacial score (nSPS) is 49.8. The molecule has 2 aliphatic rings. The van der Waals surface area contributed by atoms with Crippen molar-refractivity contribution in [3.05, 3.63) is 0 Å². The van der Waals surface area contributed by atoms with Crippen molar-refractivity contribution < 1.29 is 0 Å². The fourth-order valence-corrected chi connectivity index (χ4v) is 7.24. The molecule has 2 rings (SSSR count). The van der Waals surface area contributed by atoms with Crippen LogP contribution in [0.25, 0.3) is 0 Å². The predicted molar refractivity (Wildman–Crippen MR) is 62.2 cm³/mol. The minimum absolute atomic E-state index is 0.581. The molecular weight excluding hydrogens is 263 g/mol. The first-order valence-corrected chi connectivity index (χ1v) is 9.57. The van der Waals surface area contributed by atoms with E-state index in [0.29, 0.717) is 5.54 Å². The molecule has 0 aromatic heterocycles. The van der Waals surface area contributed by atoms with Crippen LogP contribution in [-0.4, -0.2) is 32.5 Å². The number of hydrogen-bond donors (Lipinski definition) is 2. The summed E-state index contributed by atoms with van der Waals surface area (Å²) >= 11 is -0.677. The Balaban J connectivity index is 2.05. The maximum absolute atomic E-state index is 3.67. The Morgan fingerprint density at radius 1 is 1.58 bits per heavy atom. The van der Waals surface area contributed by atoms with Crippen molar-refractivity contribution in [2.24, 2.45) is 5.92 Å². The molecule has 1 saturated heterocycles. The van der Waals surface area contributed by atoms with Gasteiger partial charge in [0, 0.05) is 0 Å². The molecule has 1 aliphatic carbocycles. The van der Waals surface area contributed by atoms with E-state index in [0.717, 1.165) is 9.97 Å². The minimum atomic E-state index is -0.677. The molecule has 0 amide bonds. The molecule has 2 fully saturated rings. The van der Waals surface area contributed by atoms with E-state index in [1.807, 2.05) is 0 Å². The van der Waals surface area contributed by atoms with Gasteiger partial charge in [0.25, 0.3) is 0 Å². The number of halogens is 1. The number of alkyl halides is 3. The number of nitrogens with one attached hydrogen (secondary N) is 2. The first kappa shape index (κ1) is 9.21. The predicted octanol–water partition coefficient (Wildman–Crippen LogP) is 1.05. The first-order chi connectivity index (χ1) is 5.68. The molecule has 1 saturated carbocycles. The SMILES string of the molecule is CNC12C[C@H]1CN[C@@H](C)I(C)C2. The van der Waals surface area contributed by atoms with Crippen molar-refractivity contribution in [2.75, 3.05) is 23.0 Å². The second kappa shape index (κ2) is 3.10. The number of hydrogen-bond acceptors (Lipinski definition) is 2. The van der Waals surface area contributed by atoms with Crippen molar-refractivity contribution in [3.8, 4) is 0 Å². The maximum atomic E-state index is 3.67. The molecule has 1 aliphatic heterocycles. The molecule has 3 heteroatoms. The summed E-state index contributed by atoms with van der Waals surface area (Å²) in [4.78, 5) is 2.52. The molecule has 0 aromatic carbocycles. The second-order valence-corrected chi connectivity index (χ2v) is 10.4. The second-order valence-electron chi connectivity index (χ2n) is 4.10.